The fraction of sp³-hybridized carbons (Fsp3) is 0.364. The molecule has 1 nitrogen and oxygen atoms in total. The molecule has 1 aliphatic carbocycles. The maximum absolute atomic E-state index is 13.3. The van der Waals surface area contributed by atoms with Crippen molar-refractivity contribution in [3.8, 4) is 0 Å². The van der Waals surface area contributed by atoms with E-state index in [4.69, 9.17) is 0 Å². The molecule has 2 rings (SSSR count). The lowest BCUT2D eigenvalue weighted by atomic mass is 9.77. The summed E-state index contributed by atoms with van der Waals surface area (Å²) < 4.78 is 13.3. The highest BCUT2D eigenvalue weighted by Crippen LogP contribution is 2.35. The highest BCUT2D eigenvalue weighted by molar-refractivity contribution is 5.91. The van der Waals surface area contributed by atoms with Gasteiger partial charge in [0.05, 0.1) is 0 Å². The molecule has 1 aromatic rings. The van der Waals surface area contributed by atoms with Gasteiger partial charge in [-0.3, -0.25) is 4.79 Å². The number of hydrogen-bond donors (Lipinski definition) is 0. The first-order valence-electron chi connectivity index (χ1n) is 4.48. The molecule has 0 bridgehead atoms. The van der Waals surface area contributed by atoms with Gasteiger partial charge in [0, 0.05) is 17.9 Å². The van der Waals surface area contributed by atoms with Crippen LogP contribution >= 0.6 is 0 Å². The van der Waals surface area contributed by atoms with Crippen LogP contribution < -0.4 is 0 Å². The smallest absolute Gasteiger partial charge is 0.140 e. The topological polar surface area (TPSA) is 17.1 Å². The Hall–Kier alpha value is -1.18. The summed E-state index contributed by atoms with van der Waals surface area (Å²) in [6.45, 7) is 1.85. The fourth-order valence-electron chi connectivity index (χ4n) is 1.80. The van der Waals surface area contributed by atoms with Crippen LogP contribution in [0, 0.1) is 12.7 Å². The number of benzene rings is 1. The van der Waals surface area contributed by atoms with E-state index in [1.54, 1.807) is 6.07 Å². The third kappa shape index (κ3) is 1.26. The first-order valence-corrected chi connectivity index (χ1v) is 4.48. The zero-order chi connectivity index (χ0) is 9.42. The Labute approximate surface area is 76.6 Å². The van der Waals surface area contributed by atoms with Gasteiger partial charge in [-0.25, -0.2) is 4.39 Å². The van der Waals surface area contributed by atoms with Crippen LogP contribution in [0.2, 0.25) is 0 Å². The molecule has 0 saturated heterocycles. The molecule has 1 unspecified atom stereocenters. The van der Waals surface area contributed by atoms with E-state index in [0.29, 0.717) is 12.0 Å². The van der Waals surface area contributed by atoms with Crippen LogP contribution in [0.4, 0.5) is 4.39 Å². The molecule has 0 heterocycles. The monoisotopic (exact) mass is 178 g/mol. The summed E-state index contributed by atoms with van der Waals surface area (Å²) in [5, 5.41) is 0. The first-order chi connectivity index (χ1) is 6.20. The molecule has 1 aliphatic rings. The molecular formula is C11H11FO. The minimum atomic E-state index is -0.238. The van der Waals surface area contributed by atoms with Crippen LogP contribution in [0.15, 0.2) is 18.2 Å². The molecule has 1 atom stereocenters. The van der Waals surface area contributed by atoms with Gasteiger partial charge in [-0.15, -0.1) is 0 Å². The number of carbonyl (C=O) groups is 1. The molecule has 0 radical (unpaired) electrons. The van der Waals surface area contributed by atoms with E-state index in [-0.39, 0.29) is 17.5 Å². The van der Waals surface area contributed by atoms with Crippen molar-refractivity contribution in [2.24, 2.45) is 0 Å². The van der Waals surface area contributed by atoms with Crippen molar-refractivity contribution in [1.82, 2.24) is 0 Å². The van der Waals surface area contributed by atoms with Gasteiger partial charge < -0.3 is 0 Å². The average Bonchev–Trinajstić information content (AvgIpc) is 2.09. The molecule has 0 N–H and O–H groups in total. The van der Waals surface area contributed by atoms with Gasteiger partial charge in [-0.05, 0) is 25.0 Å². The summed E-state index contributed by atoms with van der Waals surface area (Å²) in [5.41, 5.74) is 1.50. The van der Waals surface area contributed by atoms with Gasteiger partial charge >= 0.3 is 0 Å². The van der Waals surface area contributed by atoms with Gasteiger partial charge in [0.25, 0.3) is 0 Å². The molecule has 2 heteroatoms. The summed E-state index contributed by atoms with van der Waals surface area (Å²) in [6.07, 6.45) is 1.42. The van der Waals surface area contributed by atoms with Crippen LogP contribution in [-0.4, -0.2) is 5.78 Å². The van der Waals surface area contributed by atoms with Crippen molar-refractivity contribution in [3.05, 3.63) is 35.1 Å². The Bertz CT molecular complexity index is 337. The molecule has 0 amide bonds. The van der Waals surface area contributed by atoms with Gasteiger partial charge in [0.2, 0.25) is 0 Å². The van der Waals surface area contributed by atoms with Crippen molar-refractivity contribution >= 4 is 5.78 Å². The zero-order valence-electron chi connectivity index (χ0n) is 7.51. The van der Waals surface area contributed by atoms with Crippen LogP contribution in [0.5, 0.6) is 0 Å². The van der Waals surface area contributed by atoms with E-state index < -0.39 is 0 Å². The SMILES string of the molecule is Cc1cccc(F)c1C1CCC1=O. The maximum atomic E-state index is 13.3. The molecular weight excluding hydrogens is 167 g/mol. The standard InChI is InChI=1S/C11H11FO/c1-7-3-2-4-9(12)11(7)8-5-6-10(8)13/h2-4,8H,5-6H2,1H3. The lowest BCUT2D eigenvalue weighted by molar-refractivity contribution is -0.125. The normalized spacial score (nSPS) is 21.4. The number of Topliss-reactive ketones (excluding diaryl/α,β-unsaturated/α-hetero) is 1. The van der Waals surface area contributed by atoms with Gasteiger partial charge in [0.15, 0.2) is 0 Å². The van der Waals surface area contributed by atoms with Crippen LogP contribution in [0.25, 0.3) is 0 Å². The quantitative estimate of drug-likeness (QED) is 0.646. The van der Waals surface area contributed by atoms with Crippen LogP contribution in [-0.2, 0) is 4.79 Å². The third-order valence-corrected chi connectivity index (χ3v) is 2.69. The average molecular weight is 178 g/mol. The number of hydrogen-bond acceptors (Lipinski definition) is 1. The van der Waals surface area contributed by atoms with Crippen molar-refractivity contribution in [3.63, 3.8) is 0 Å². The number of rotatable bonds is 1. The second kappa shape index (κ2) is 2.95. The van der Waals surface area contributed by atoms with Crippen LogP contribution in [0.3, 0.4) is 0 Å². The first kappa shape index (κ1) is 8.42. The van der Waals surface area contributed by atoms with Crippen molar-refractivity contribution in [2.75, 3.05) is 0 Å². The third-order valence-electron chi connectivity index (χ3n) is 2.69. The van der Waals surface area contributed by atoms with Crippen molar-refractivity contribution in [1.29, 1.82) is 0 Å². The minimum absolute atomic E-state index is 0.166. The Kier molecular flexibility index (Phi) is 1.91. The predicted molar refractivity (Wildman–Crippen MR) is 48.1 cm³/mol. The summed E-state index contributed by atoms with van der Waals surface area (Å²) in [7, 11) is 0. The molecule has 0 aromatic heterocycles. The molecule has 68 valence electrons. The maximum Gasteiger partial charge on any atom is 0.140 e. The number of ketones is 1. The predicted octanol–water partition coefficient (Wildman–Crippen LogP) is 2.58. The Morgan fingerprint density at radius 3 is 2.69 bits per heavy atom. The number of aryl methyl sites for hydroxylation is 1. The Morgan fingerprint density at radius 1 is 1.46 bits per heavy atom. The highest BCUT2D eigenvalue weighted by Gasteiger charge is 2.32. The lowest BCUT2D eigenvalue weighted by Gasteiger charge is -2.25. The Morgan fingerprint density at radius 2 is 2.23 bits per heavy atom. The number of halogens is 1. The summed E-state index contributed by atoms with van der Waals surface area (Å²) in [6, 6.07) is 4.95. The lowest BCUT2D eigenvalue weighted by Crippen LogP contribution is -2.25. The van der Waals surface area contributed by atoms with E-state index in [0.717, 1.165) is 12.0 Å². The molecule has 13 heavy (non-hydrogen) atoms. The largest absolute Gasteiger partial charge is 0.299 e. The fourth-order valence-corrected chi connectivity index (χ4v) is 1.80. The summed E-state index contributed by atoms with van der Waals surface area (Å²) >= 11 is 0. The van der Waals surface area contributed by atoms with E-state index in [1.807, 2.05) is 13.0 Å². The second-order valence-corrected chi connectivity index (χ2v) is 3.53. The molecule has 1 saturated carbocycles. The number of carbonyl (C=O) groups excluding carboxylic acids is 1. The van der Waals surface area contributed by atoms with Gasteiger partial charge in [-0.1, -0.05) is 12.1 Å². The van der Waals surface area contributed by atoms with Gasteiger partial charge in [0.1, 0.15) is 11.6 Å². The summed E-state index contributed by atoms with van der Waals surface area (Å²) in [4.78, 5) is 11.2. The molecule has 0 spiro atoms. The van der Waals surface area contributed by atoms with E-state index in [9.17, 15) is 9.18 Å². The Balaban J connectivity index is 2.44. The van der Waals surface area contributed by atoms with E-state index >= 15 is 0 Å². The second-order valence-electron chi connectivity index (χ2n) is 3.53. The van der Waals surface area contributed by atoms with E-state index in [2.05, 4.69) is 0 Å². The van der Waals surface area contributed by atoms with E-state index in [1.165, 1.54) is 6.07 Å². The highest BCUT2D eigenvalue weighted by atomic mass is 19.1. The molecule has 1 aromatic carbocycles. The van der Waals surface area contributed by atoms with Crippen molar-refractivity contribution in [2.45, 2.75) is 25.7 Å². The van der Waals surface area contributed by atoms with Gasteiger partial charge in [-0.2, -0.15) is 0 Å². The summed E-state index contributed by atoms with van der Waals surface area (Å²) in [5.74, 6) is -0.229. The molecule has 1 fully saturated rings. The van der Waals surface area contributed by atoms with Crippen molar-refractivity contribution < 1.29 is 9.18 Å². The zero-order valence-corrected chi connectivity index (χ0v) is 7.51. The minimum Gasteiger partial charge on any atom is -0.299 e. The molecule has 0 aliphatic heterocycles. The van der Waals surface area contributed by atoms with Crippen LogP contribution in [0.1, 0.15) is 29.9 Å².